The number of phenolic OH excluding ortho intramolecular Hbond substituents is 2. The minimum Gasteiger partial charge on any atom is -0.508 e. The lowest BCUT2D eigenvalue weighted by Crippen LogP contribution is -2.48. The number of hydrogen-bond acceptors (Lipinski definition) is 9. The number of rotatable bonds is 11. The van der Waals surface area contributed by atoms with Crippen molar-refractivity contribution in [2.75, 3.05) is 13.7 Å². The largest absolute Gasteiger partial charge is 0.508 e. The molecule has 1 heterocycles. The van der Waals surface area contributed by atoms with Crippen LogP contribution in [0.4, 0.5) is 0 Å². The summed E-state index contributed by atoms with van der Waals surface area (Å²) in [7, 11) is 1.45. The smallest absolute Gasteiger partial charge is 0.160 e. The van der Waals surface area contributed by atoms with E-state index < -0.39 is 30.1 Å². The maximum Gasteiger partial charge on any atom is 0.160 e. The first-order valence-electron chi connectivity index (χ1n) is 18.0. The van der Waals surface area contributed by atoms with E-state index in [4.69, 9.17) is 4.74 Å². The van der Waals surface area contributed by atoms with E-state index >= 15 is 0 Å². The molecule has 1 saturated carbocycles. The van der Waals surface area contributed by atoms with Crippen molar-refractivity contribution in [1.82, 2.24) is 5.32 Å². The number of unbranched alkanes of at least 4 members (excludes halogenated alkanes) is 1. The molecule has 3 aromatic rings. The summed E-state index contributed by atoms with van der Waals surface area (Å²) >= 11 is 0. The lowest BCUT2D eigenvalue weighted by Gasteiger charge is -2.39. The molecule has 50 heavy (non-hydrogen) atoms. The molecule has 3 aliphatic rings. The Morgan fingerprint density at radius 3 is 2.56 bits per heavy atom. The lowest BCUT2D eigenvalue weighted by atomic mass is 9.74. The van der Waals surface area contributed by atoms with Crippen molar-refractivity contribution >= 4 is 22.3 Å². The fraction of sp³-hybridized carbons (Fsp3) is 0.512. The predicted molar refractivity (Wildman–Crippen MR) is 190 cm³/mol. The topological polar surface area (TPSA) is 157 Å². The number of benzene rings is 3. The van der Waals surface area contributed by atoms with Gasteiger partial charge in [-0.3, -0.25) is 9.59 Å². The monoisotopic (exact) mass is 683 g/mol. The van der Waals surface area contributed by atoms with E-state index in [1.54, 1.807) is 48.5 Å². The molecule has 6 rings (SSSR count). The van der Waals surface area contributed by atoms with Crippen LogP contribution in [0.5, 0.6) is 17.2 Å². The highest BCUT2D eigenvalue weighted by Crippen LogP contribution is 2.38. The second kappa shape index (κ2) is 15.9. The fourth-order valence-electron chi connectivity index (χ4n) is 8.20. The molecule has 0 spiro atoms. The van der Waals surface area contributed by atoms with Crippen LogP contribution in [0.25, 0.3) is 10.8 Å². The first-order valence-corrected chi connectivity index (χ1v) is 18.0. The molecule has 3 aromatic carbocycles. The fourth-order valence-corrected chi connectivity index (χ4v) is 8.20. The Kier molecular flexibility index (Phi) is 11.4. The maximum absolute atomic E-state index is 13.5. The van der Waals surface area contributed by atoms with Gasteiger partial charge in [-0.05, 0) is 115 Å². The van der Waals surface area contributed by atoms with Crippen molar-refractivity contribution in [3.8, 4) is 29.1 Å². The van der Waals surface area contributed by atoms with Gasteiger partial charge in [-0.25, -0.2) is 0 Å². The third-order valence-electron chi connectivity index (χ3n) is 11.1. The van der Waals surface area contributed by atoms with Crippen LogP contribution in [0.15, 0.2) is 48.5 Å². The SMILES string of the molecule is COc1cc2c(cc1O)[C@H](C[C@H](O)[C@H](O)c1ccc3cc(O)ccc3c1)C#C[C@H]([C@H](O)CCCC[C@@H]1CN[C@@H]3CC(=O)CC[C@@H]3C1)C(=O)CC2. The summed E-state index contributed by atoms with van der Waals surface area (Å²) in [5.41, 5.74) is 1.90. The Hall–Kier alpha value is -3.94. The van der Waals surface area contributed by atoms with Crippen LogP contribution >= 0.6 is 0 Å². The Balaban J connectivity index is 1.14. The van der Waals surface area contributed by atoms with Gasteiger partial charge in [0.25, 0.3) is 0 Å². The van der Waals surface area contributed by atoms with Crippen LogP contribution in [-0.4, -0.2) is 69.0 Å². The number of aromatic hydroxyl groups is 2. The zero-order valence-corrected chi connectivity index (χ0v) is 28.7. The number of hydrogen-bond donors (Lipinski definition) is 6. The van der Waals surface area contributed by atoms with Crippen LogP contribution in [0.1, 0.15) is 92.9 Å². The number of aliphatic hydroxyl groups excluding tert-OH is 3. The Morgan fingerprint density at radius 2 is 1.74 bits per heavy atom. The van der Waals surface area contributed by atoms with Crippen LogP contribution < -0.4 is 10.1 Å². The number of phenols is 2. The maximum atomic E-state index is 13.5. The third kappa shape index (κ3) is 8.33. The zero-order chi connectivity index (χ0) is 35.4. The van der Waals surface area contributed by atoms with Crippen molar-refractivity contribution in [2.24, 2.45) is 17.8 Å². The summed E-state index contributed by atoms with van der Waals surface area (Å²) in [5.74, 6) is 6.34. The molecule has 0 amide bonds. The van der Waals surface area contributed by atoms with Crippen molar-refractivity contribution in [2.45, 2.75) is 101 Å². The first kappa shape index (κ1) is 35.9. The quantitative estimate of drug-likeness (QED) is 0.118. The van der Waals surface area contributed by atoms with E-state index in [1.165, 1.54) is 7.11 Å². The van der Waals surface area contributed by atoms with E-state index in [2.05, 4.69) is 17.2 Å². The highest BCUT2D eigenvalue weighted by Gasteiger charge is 2.35. The summed E-state index contributed by atoms with van der Waals surface area (Å²) in [5, 5.41) is 59.6. The highest BCUT2D eigenvalue weighted by atomic mass is 16.5. The Labute approximate surface area is 293 Å². The third-order valence-corrected chi connectivity index (χ3v) is 11.1. The summed E-state index contributed by atoms with van der Waals surface area (Å²) < 4.78 is 5.35. The number of aliphatic hydroxyl groups is 3. The van der Waals surface area contributed by atoms with E-state index in [9.17, 15) is 35.1 Å². The number of fused-ring (bicyclic) bond motifs is 3. The summed E-state index contributed by atoms with van der Waals surface area (Å²) in [6.45, 7) is 0.915. The molecule has 9 heteroatoms. The van der Waals surface area contributed by atoms with Gasteiger partial charge < -0.3 is 35.6 Å². The number of carbonyl (C=O) groups excluding carboxylic acids is 2. The molecule has 266 valence electrons. The molecule has 0 unspecified atom stereocenters. The molecule has 2 aliphatic carbocycles. The Bertz CT molecular complexity index is 1760. The average Bonchev–Trinajstić information content (AvgIpc) is 3.17. The lowest BCUT2D eigenvalue weighted by molar-refractivity contribution is -0.124. The second-order valence-corrected chi connectivity index (χ2v) is 14.6. The standard InChI is InChI=1S/C41H49NO8/c1-50-40-20-28-11-15-37(46)33(36(45)5-3-2-4-24-16-29-9-13-32(44)21-35(29)42-23-24)14-10-27(34(28)22-38(40)47)19-39(48)41(49)30-7-6-26-18-31(43)12-8-25(26)17-30/h6-8,12,17-18,20,22,24,27,29,33,35-36,39,41-43,45,47-49H,2-5,9,11,13,15-16,19,21,23H2,1H3/t24-,27-,29+,33+,35+,36+,39-,41+/m0/s1. The number of carbonyl (C=O) groups is 2. The number of piperidine rings is 1. The molecule has 0 bridgehead atoms. The number of Topliss-reactive ketones (excluding diaryl/α,β-unsaturated/α-hetero) is 2. The van der Waals surface area contributed by atoms with Gasteiger partial charge in [0.2, 0.25) is 0 Å². The molecule has 9 nitrogen and oxygen atoms in total. The van der Waals surface area contributed by atoms with Crippen molar-refractivity contribution < 1.29 is 39.9 Å². The summed E-state index contributed by atoms with van der Waals surface area (Å²) in [6, 6.07) is 13.8. The van der Waals surface area contributed by atoms with E-state index in [1.807, 2.05) is 0 Å². The number of methoxy groups -OCH3 is 1. The number of ether oxygens (including phenoxy) is 1. The molecule has 8 atom stereocenters. The van der Waals surface area contributed by atoms with Gasteiger partial charge in [0.15, 0.2) is 17.3 Å². The predicted octanol–water partition coefficient (Wildman–Crippen LogP) is 5.23. The highest BCUT2D eigenvalue weighted by molar-refractivity contribution is 5.85. The second-order valence-electron chi connectivity index (χ2n) is 14.6. The van der Waals surface area contributed by atoms with E-state index in [-0.39, 0.29) is 35.9 Å². The van der Waals surface area contributed by atoms with E-state index in [0.717, 1.165) is 55.0 Å². The van der Waals surface area contributed by atoms with Gasteiger partial charge in [-0.2, -0.15) is 0 Å². The van der Waals surface area contributed by atoms with Gasteiger partial charge in [-0.1, -0.05) is 42.9 Å². The molecular formula is C41H49NO8. The number of ketones is 2. The van der Waals surface area contributed by atoms with Gasteiger partial charge >= 0.3 is 0 Å². The Morgan fingerprint density at radius 1 is 0.940 bits per heavy atom. The van der Waals surface area contributed by atoms with E-state index in [0.29, 0.717) is 60.5 Å². The van der Waals surface area contributed by atoms with Gasteiger partial charge in [0, 0.05) is 31.2 Å². The van der Waals surface area contributed by atoms with Gasteiger partial charge in [-0.15, -0.1) is 0 Å². The van der Waals surface area contributed by atoms with Crippen molar-refractivity contribution in [1.29, 1.82) is 0 Å². The number of nitrogens with one attached hydrogen (secondary N) is 1. The average molecular weight is 684 g/mol. The molecule has 0 radical (unpaired) electrons. The van der Waals surface area contributed by atoms with Crippen LogP contribution in [0.3, 0.4) is 0 Å². The normalized spacial score (nSPS) is 25.6. The summed E-state index contributed by atoms with van der Waals surface area (Å²) in [4.78, 5) is 25.3. The molecule has 2 fully saturated rings. The molecular weight excluding hydrogens is 634 g/mol. The summed E-state index contributed by atoms with van der Waals surface area (Å²) in [6.07, 6.45) is 3.70. The van der Waals surface area contributed by atoms with Crippen LogP contribution in [0, 0.1) is 29.6 Å². The molecule has 1 aliphatic heterocycles. The molecule has 1 saturated heterocycles. The van der Waals surface area contributed by atoms with Gasteiger partial charge in [0.1, 0.15) is 23.6 Å². The van der Waals surface area contributed by atoms with Crippen molar-refractivity contribution in [3.63, 3.8) is 0 Å². The first-order chi connectivity index (χ1) is 24.1. The zero-order valence-electron chi connectivity index (χ0n) is 28.7. The minimum atomic E-state index is -1.24. The number of aryl methyl sites for hydroxylation is 1. The van der Waals surface area contributed by atoms with Crippen molar-refractivity contribution in [3.05, 3.63) is 65.2 Å². The van der Waals surface area contributed by atoms with Gasteiger partial charge in [0.05, 0.1) is 19.3 Å². The van der Waals surface area contributed by atoms with Crippen LogP contribution in [0.2, 0.25) is 0 Å². The minimum absolute atomic E-state index is 0.0169. The molecule has 0 aromatic heterocycles. The molecule has 6 N–H and O–H groups in total. The van der Waals surface area contributed by atoms with Crippen LogP contribution in [-0.2, 0) is 16.0 Å².